The van der Waals surface area contributed by atoms with Gasteiger partial charge in [0.2, 0.25) is 0 Å². The lowest BCUT2D eigenvalue weighted by Gasteiger charge is -2.10. The molecule has 2 heterocycles. The van der Waals surface area contributed by atoms with Crippen molar-refractivity contribution in [3.05, 3.63) is 72.6 Å². The maximum atomic E-state index is 11.6. The number of nitrogens with zero attached hydrogens (tertiary/aromatic N) is 1. The Balaban J connectivity index is 1.69. The lowest BCUT2D eigenvalue weighted by atomic mass is 10.1. The topological polar surface area (TPSA) is 87.6 Å². The van der Waals surface area contributed by atoms with Gasteiger partial charge in [0, 0.05) is 29.1 Å². The van der Waals surface area contributed by atoms with Crippen LogP contribution in [0.2, 0.25) is 0 Å². The first kappa shape index (κ1) is 17.6. The predicted molar refractivity (Wildman–Crippen MR) is 107 cm³/mol. The number of hydrogen-bond donors (Lipinski definition) is 1. The fourth-order valence-electron chi connectivity index (χ4n) is 3.13. The lowest BCUT2D eigenvalue weighted by molar-refractivity contribution is 0.1000. The van der Waals surface area contributed by atoms with Crippen LogP contribution in [0.25, 0.3) is 21.9 Å². The Bertz CT molecular complexity index is 1210. The van der Waals surface area contributed by atoms with Crippen LogP contribution in [0.5, 0.6) is 17.2 Å². The van der Waals surface area contributed by atoms with Crippen molar-refractivity contribution < 1.29 is 18.7 Å². The summed E-state index contributed by atoms with van der Waals surface area (Å²) in [7, 11) is 0. The zero-order valence-electron chi connectivity index (χ0n) is 15.3. The molecule has 4 rings (SSSR count). The van der Waals surface area contributed by atoms with Crippen LogP contribution in [0.15, 0.2) is 65.7 Å². The standard InChI is InChI=1S/C22H18N2O4/c1-3-10-26-14-4-6-16-18(11-14)24-9-8-19(16)28-15-5-7-17-20(12-15)27-13(2)21(17)22(23)25/h3-9,11-12H,1,10H2,2H3,(H2,23,25). The summed E-state index contributed by atoms with van der Waals surface area (Å²) in [6.07, 6.45) is 3.36. The van der Waals surface area contributed by atoms with Crippen LogP contribution >= 0.6 is 0 Å². The second-order valence-electron chi connectivity index (χ2n) is 6.25. The number of rotatable bonds is 6. The van der Waals surface area contributed by atoms with Crippen LogP contribution in [0.1, 0.15) is 16.1 Å². The fraction of sp³-hybridized carbons (Fsp3) is 0.0909. The molecule has 0 aliphatic heterocycles. The fourth-order valence-corrected chi connectivity index (χ4v) is 3.13. The molecule has 0 fully saturated rings. The third-order valence-electron chi connectivity index (χ3n) is 4.35. The van der Waals surface area contributed by atoms with Gasteiger partial charge in [0.25, 0.3) is 5.91 Å². The molecule has 0 saturated carbocycles. The highest BCUT2D eigenvalue weighted by molar-refractivity contribution is 6.06. The Morgan fingerprint density at radius 3 is 2.75 bits per heavy atom. The molecule has 0 spiro atoms. The normalized spacial score (nSPS) is 10.9. The molecule has 2 N–H and O–H groups in total. The molecule has 2 aromatic carbocycles. The van der Waals surface area contributed by atoms with E-state index in [-0.39, 0.29) is 0 Å². The van der Waals surface area contributed by atoms with E-state index in [1.54, 1.807) is 43.5 Å². The Labute approximate surface area is 161 Å². The summed E-state index contributed by atoms with van der Waals surface area (Å²) in [6, 6.07) is 12.7. The zero-order chi connectivity index (χ0) is 19.7. The summed E-state index contributed by atoms with van der Waals surface area (Å²) < 4.78 is 17.3. The molecule has 6 nitrogen and oxygen atoms in total. The number of hydrogen-bond acceptors (Lipinski definition) is 5. The van der Waals surface area contributed by atoms with Gasteiger partial charge in [-0.1, -0.05) is 12.7 Å². The number of primary amides is 1. The number of aryl methyl sites for hydroxylation is 1. The summed E-state index contributed by atoms with van der Waals surface area (Å²) in [5.41, 5.74) is 7.13. The van der Waals surface area contributed by atoms with Crippen molar-refractivity contribution in [2.24, 2.45) is 5.73 Å². The molecule has 0 atom stereocenters. The van der Waals surface area contributed by atoms with Gasteiger partial charge >= 0.3 is 0 Å². The van der Waals surface area contributed by atoms with Gasteiger partial charge < -0.3 is 19.6 Å². The third-order valence-corrected chi connectivity index (χ3v) is 4.35. The Kier molecular flexibility index (Phi) is 4.45. The van der Waals surface area contributed by atoms with Gasteiger partial charge in [0.05, 0.1) is 11.1 Å². The molecule has 28 heavy (non-hydrogen) atoms. The van der Waals surface area contributed by atoms with E-state index in [1.165, 1.54) is 0 Å². The summed E-state index contributed by atoms with van der Waals surface area (Å²) in [5, 5.41) is 1.52. The van der Waals surface area contributed by atoms with Crippen LogP contribution in [0.3, 0.4) is 0 Å². The predicted octanol–water partition coefficient (Wildman–Crippen LogP) is 4.75. The van der Waals surface area contributed by atoms with Gasteiger partial charge in [0.15, 0.2) is 0 Å². The number of ether oxygens (including phenoxy) is 2. The van der Waals surface area contributed by atoms with Crippen molar-refractivity contribution in [1.82, 2.24) is 4.98 Å². The highest BCUT2D eigenvalue weighted by atomic mass is 16.5. The Morgan fingerprint density at radius 1 is 1.18 bits per heavy atom. The zero-order valence-corrected chi connectivity index (χ0v) is 15.3. The van der Waals surface area contributed by atoms with Gasteiger partial charge in [-0.05, 0) is 37.3 Å². The van der Waals surface area contributed by atoms with E-state index < -0.39 is 5.91 Å². The largest absolute Gasteiger partial charge is 0.489 e. The highest BCUT2D eigenvalue weighted by Crippen LogP contribution is 2.34. The molecule has 2 aromatic heterocycles. The van der Waals surface area contributed by atoms with Crippen LogP contribution in [0.4, 0.5) is 0 Å². The molecule has 4 aromatic rings. The summed E-state index contributed by atoms with van der Waals surface area (Å²) in [6.45, 7) is 5.78. The van der Waals surface area contributed by atoms with Crippen LogP contribution in [-0.2, 0) is 0 Å². The first-order valence-corrected chi connectivity index (χ1v) is 8.70. The number of nitrogens with two attached hydrogens (primary N) is 1. The molecule has 0 aliphatic carbocycles. The number of fused-ring (bicyclic) bond motifs is 2. The second kappa shape index (κ2) is 7.08. The molecule has 6 heteroatoms. The number of carbonyl (C=O) groups excluding carboxylic acids is 1. The van der Waals surface area contributed by atoms with Crippen molar-refractivity contribution >= 4 is 27.8 Å². The Hall–Kier alpha value is -3.80. The molecular weight excluding hydrogens is 356 g/mol. The molecule has 140 valence electrons. The van der Waals surface area contributed by atoms with Crippen molar-refractivity contribution in [1.29, 1.82) is 0 Å². The molecule has 0 saturated heterocycles. The van der Waals surface area contributed by atoms with E-state index in [2.05, 4.69) is 11.6 Å². The van der Waals surface area contributed by atoms with E-state index in [0.717, 1.165) is 10.9 Å². The average Bonchev–Trinajstić information content (AvgIpc) is 3.01. The number of pyridine rings is 1. The molecule has 0 bridgehead atoms. The van der Waals surface area contributed by atoms with Gasteiger partial charge in [-0.15, -0.1) is 0 Å². The quantitative estimate of drug-likeness (QED) is 0.492. The van der Waals surface area contributed by atoms with Crippen molar-refractivity contribution in [3.63, 3.8) is 0 Å². The SMILES string of the molecule is C=CCOc1ccc2c(Oc3ccc4c(C(N)=O)c(C)oc4c3)ccnc2c1. The van der Waals surface area contributed by atoms with Crippen LogP contribution in [-0.4, -0.2) is 17.5 Å². The number of aromatic nitrogens is 1. The van der Waals surface area contributed by atoms with Crippen molar-refractivity contribution in [3.8, 4) is 17.2 Å². The molecule has 0 unspecified atom stereocenters. The summed E-state index contributed by atoms with van der Waals surface area (Å²) in [4.78, 5) is 16.0. The first-order valence-electron chi connectivity index (χ1n) is 8.70. The van der Waals surface area contributed by atoms with Crippen LogP contribution < -0.4 is 15.2 Å². The molecule has 0 aliphatic rings. The monoisotopic (exact) mass is 374 g/mol. The Morgan fingerprint density at radius 2 is 1.96 bits per heavy atom. The summed E-state index contributed by atoms with van der Waals surface area (Å²) >= 11 is 0. The van der Waals surface area contributed by atoms with E-state index in [9.17, 15) is 4.79 Å². The van der Waals surface area contributed by atoms with Gasteiger partial charge in [-0.25, -0.2) is 0 Å². The molecule has 0 radical (unpaired) electrons. The second-order valence-corrected chi connectivity index (χ2v) is 6.25. The smallest absolute Gasteiger partial charge is 0.252 e. The van der Waals surface area contributed by atoms with E-state index in [0.29, 0.717) is 46.1 Å². The average molecular weight is 374 g/mol. The summed E-state index contributed by atoms with van der Waals surface area (Å²) in [5.74, 6) is 1.92. The number of benzene rings is 2. The van der Waals surface area contributed by atoms with Gasteiger partial charge in [-0.3, -0.25) is 9.78 Å². The minimum Gasteiger partial charge on any atom is -0.489 e. The number of carbonyl (C=O) groups is 1. The highest BCUT2D eigenvalue weighted by Gasteiger charge is 2.16. The van der Waals surface area contributed by atoms with Crippen LogP contribution in [0, 0.1) is 6.92 Å². The van der Waals surface area contributed by atoms with Gasteiger partial charge in [0.1, 0.15) is 35.2 Å². The first-order chi connectivity index (χ1) is 13.6. The van der Waals surface area contributed by atoms with Crippen molar-refractivity contribution in [2.75, 3.05) is 6.61 Å². The van der Waals surface area contributed by atoms with Crippen molar-refractivity contribution in [2.45, 2.75) is 6.92 Å². The molecule has 1 amide bonds. The van der Waals surface area contributed by atoms with E-state index in [1.807, 2.05) is 18.2 Å². The minimum atomic E-state index is -0.514. The maximum Gasteiger partial charge on any atom is 0.252 e. The number of furan rings is 1. The number of amides is 1. The van der Waals surface area contributed by atoms with E-state index >= 15 is 0 Å². The minimum absolute atomic E-state index is 0.392. The maximum absolute atomic E-state index is 11.6. The van der Waals surface area contributed by atoms with E-state index in [4.69, 9.17) is 19.6 Å². The molecular formula is C22H18N2O4. The van der Waals surface area contributed by atoms with Gasteiger partial charge in [-0.2, -0.15) is 0 Å². The lowest BCUT2D eigenvalue weighted by Crippen LogP contribution is -2.11. The third kappa shape index (κ3) is 3.16.